The van der Waals surface area contributed by atoms with Gasteiger partial charge in [0.1, 0.15) is 0 Å². The first-order valence-corrected chi connectivity index (χ1v) is 5.38. The number of carbonyl (C=O) groups excluding carboxylic acids is 1. The lowest BCUT2D eigenvalue weighted by Gasteiger charge is -2.10. The normalized spacial score (nSPS) is 12.4. The number of hydrogen-bond acceptors (Lipinski definition) is 3. The Labute approximate surface area is 95.6 Å². The highest BCUT2D eigenvalue weighted by Gasteiger charge is 2.09. The van der Waals surface area contributed by atoms with Crippen molar-refractivity contribution in [2.24, 2.45) is 5.92 Å². The van der Waals surface area contributed by atoms with Gasteiger partial charge in [0.05, 0.1) is 6.20 Å². The van der Waals surface area contributed by atoms with Gasteiger partial charge in [0.2, 0.25) is 5.91 Å². The summed E-state index contributed by atoms with van der Waals surface area (Å²) in [6.45, 7) is 5.06. The fourth-order valence-corrected chi connectivity index (χ4v) is 1.48. The Kier molecular flexibility index (Phi) is 4.98. The molecule has 0 bridgehead atoms. The topological polar surface area (TPSA) is 67.0 Å². The first-order chi connectivity index (χ1) is 7.63. The van der Waals surface area contributed by atoms with E-state index in [4.69, 9.17) is 4.74 Å². The van der Waals surface area contributed by atoms with Crippen molar-refractivity contribution in [3.05, 3.63) is 17.5 Å². The number of amides is 1. The molecule has 1 unspecified atom stereocenters. The fraction of sp³-hybridized carbons (Fsp3) is 0.636. The fourth-order valence-electron chi connectivity index (χ4n) is 1.48. The van der Waals surface area contributed by atoms with Gasteiger partial charge in [0, 0.05) is 37.9 Å². The van der Waals surface area contributed by atoms with Crippen LogP contribution in [0.5, 0.6) is 0 Å². The summed E-state index contributed by atoms with van der Waals surface area (Å²) in [4.78, 5) is 11.5. The number of hydrogen-bond donors (Lipinski definition) is 2. The monoisotopic (exact) mass is 225 g/mol. The Morgan fingerprint density at radius 1 is 1.69 bits per heavy atom. The predicted octanol–water partition coefficient (Wildman–Crippen LogP) is 1.01. The van der Waals surface area contributed by atoms with Gasteiger partial charge in [-0.2, -0.15) is 5.10 Å². The maximum atomic E-state index is 11.5. The van der Waals surface area contributed by atoms with Gasteiger partial charge in [0.25, 0.3) is 0 Å². The van der Waals surface area contributed by atoms with Gasteiger partial charge >= 0.3 is 0 Å². The lowest BCUT2D eigenvalue weighted by atomic mass is 10.1. The largest absolute Gasteiger partial charge is 0.384 e. The smallest absolute Gasteiger partial charge is 0.220 e. The summed E-state index contributed by atoms with van der Waals surface area (Å²) < 4.78 is 4.98. The number of aromatic nitrogens is 2. The van der Waals surface area contributed by atoms with Crippen LogP contribution in [0.4, 0.5) is 0 Å². The van der Waals surface area contributed by atoms with E-state index in [0.29, 0.717) is 19.6 Å². The lowest BCUT2D eigenvalue weighted by Crippen LogP contribution is -2.25. The maximum absolute atomic E-state index is 11.5. The third-order valence-corrected chi connectivity index (χ3v) is 2.40. The molecule has 5 nitrogen and oxygen atoms in total. The molecule has 0 saturated heterocycles. The van der Waals surface area contributed by atoms with E-state index >= 15 is 0 Å². The number of nitrogens with zero attached hydrogens (tertiary/aromatic N) is 1. The molecule has 1 heterocycles. The minimum absolute atomic E-state index is 0.0464. The zero-order valence-corrected chi connectivity index (χ0v) is 10.0. The summed E-state index contributed by atoms with van der Waals surface area (Å²) in [7, 11) is 1.64. The summed E-state index contributed by atoms with van der Waals surface area (Å²) in [5, 5.41) is 9.59. The molecule has 1 aromatic rings. The SMILES string of the molecule is COCC(C)CC(=O)NCc1cn[nH]c1C. The Hall–Kier alpha value is -1.36. The van der Waals surface area contributed by atoms with Gasteiger partial charge in [-0.1, -0.05) is 6.92 Å². The van der Waals surface area contributed by atoms with Crippen LogP contribution in [-0.4, -0.2) is 29.8 Å². The van der Waals surface area contributed by atoms with Crippen molar-refractivity contribution in [2.75, 3.05) is 13.7 Å². The second kappa shape index (κ2) is 6.27. The number of aryl methyl sites for hydroxylation is 1. The molecule has 0 radical (unpaired) electrons. The lowest BCUT2D eigenvalue weighted by molar-refractivity contribution is -0.122. The van der Waals surface area contributed by atoms with Crippen LogP contribution in [0.3, 0.4) is 0 Å². The Morgan fingerprint density at radius 3 is 3.00 bits per heavy atom. The zero-order valence-electron chi connectivity index (χ0n) is 10.0. The van der Waals surface area contributed by atoms with Crippen LogP contribution >= 0.6 is 0 Å². The summed E-state index contributed by atoms with van der Waals surface area (Å²) >= 11 is 0. The number of rotatable bonds is 6. The van der Waals surface area contributed by atoms with Crippen molar-refractivity contribution in [1.29, 1.82) is 0 Å². The second-order valence-electron chi connectivity index (χ2n) is 4.06. The van der Waals surface area contributed by atoms with Crippen molar-refractivity contribution in [3.63, 3.8) is 0 Å². The van der Waals surface area contributed by atoms with Crippen molar-refractivity contribution in [2.45, 2.75) is 26.8 Å². The molecule has 16 heavy (non-hydrogen) atoms. The molecule has 0 spiro atoms. The van der Waals surface area contributed by atoms with E-state index in [9.17, 15) is 4.79 Å². The highest BCUT2D eigenvalue weighted by Crippen LogP contribution is 2.04. The van der Waals surface area contributed by atoms with E-state index in [0.717, 1.165) is 11.3 Å². The number of carbonyl (C=O) groups is 1. The Balaban J connectivity index is 2.28. The third kappa shape index (κ3) is 4.02. The van der Waals surface area contributed by atoms with Crippen molar-refractivity contribution in [3.8, 4) is 0 Å². The number of ether oxygens (including phenoxy) is 1. The molecular weight excluding hydrogens is 206 g/mol. The van der Waals surface area contributed by atoms with Crippen LogP contribution in [0, 0.1) is 12.8 Å². The number of aromatic amines is 1. The van der Waals surface area contributed by atoms with Gasteiger partial charge in [-0.25, -0.2) is 0 Å². The van der Waals surface area contributed by atoms with E-state index in [-0.39, 0.29) is 11.8 Å². The summed E-state index contributed by atoms with van der Waals surface area (Å²) in [6.07, 6.45) is 2.22. The Bertz CT molecular complexity index is 336. The number of H-pyrrole nitrogens is 1. The highest BCUT2D eigenvalue weighted by atomic mass is 16.5. The molecule has 0 aliphatic rings. The predicted molar refractivity (Wildman–Crippen MR) is 60.8 cm³/mol. The van der Waals surface area contributed by atoms with Crippen LogP contribution in [0.2, 0.25) is 0 Å². The molecule has 1 amide bonds. The quantitative estimate of drug-likeness (QED) is 0.759. The van der Waals surface area contributed by atoms with E-state index < -0.39 is 0 Å². The van der Waals surface area contributed by atoms with Crippen molar-refractivity contribution in [1.82, 2.24) is 15.5 Å². The first kappa shape index (κ1) is 12.7. The van der Waals surface area contributed by atoms with Gasteiger partial charge < -0.3 is 10.1 Å². The third-order valence-electron chi connectivity index (χ3n) is 2.40. The minimum atomic E-state index is 0.0464. The average Bonchev–Trinajstić information content (AvgIpc) is 2.61. The minimum Gasteiger partial charge on any atom is -0.384 e. The van der Waals surface area contributed by atoms with Crippen LogP contribution in [0.1, 0.15) is 24.6 Å². The molecule has 0 saturated carbocycles. The summed E-state index contributed by atoms with van der Waals surface area (Å²) in [5.41, 5.74) is 2.01. The summed E-state index contributed by atoms with van der Waals surface area (Å²) in [6, 6.07) is 0. The molecule has 0 fully saturated rings. The standard InChI is InChI=1S/C11H19N3O2/c1-8(7-16-3)4-11(15)12-5-10-6-13-14-9(10)2/h6,8H,4-5,7H2,1-3H3,(H,12,15)(H,13,14). The average molecular weight is 225 g/mol. The molecular formula is C11H19N3O2. The Morgan fingerprint density at radius 2 is 2.44 bits per heavy atom. The highest BCUT2D eigenvalue weighted by molar-refractivity contribution is 5.76. The first-order valence-electron chi connectivity index (χ1n) is 5.38. The molecule has 2 N–H and O–H groups in total. The molecule has 1 aromatic heterocycles. The zero-order chi connectivity index (χ0) is 12.0. The van der Waals surface area contributed by atoms with E-state index in [1.54, 1.807) is 13.3 Å². The van der Waals surface area contributed by atoms with Gasteiger partial charge in [-0.15, -0.1) is 0 Å². The molecule has 90 valence electrons. The summed E-state index contributed by atoms with van der Waals surface area (Å²) in [5.74, 6) is 0.292. The number of nitrogens with one attached hydrogen (secondary N) is 2. The second-order valence-corrected chi connectivity index (χ2v) is 4.06. The van der Waals surface area contributed by atoms with Gasteiger partial charge in [0.15, 0.2) is 0 Å². The van der Waals surface area contributed by atoms with E-state index in [1.807, 2.05) is 13.8 Å². The van der Waals surface area contributed by atoms with Gasteiger partial charge in [-0.3, -0.25) is 9.89 Å². The molecule has 0 aromatic carbocycles. The number of methoxy groups -OCH3 is 1. The van der Waals surface area contributed by atoms with E-state index in [2.05, 4.69) is 15.5 Å². The molecule has 0 aliphatic carbocycles. The molecule has 1 rings (SSSR count). The van der Waals surface area contributed by atoms with Gasteiger partial charge in [-0.05, 0) is 12.8 Å². The van der Waals surface area contributed by atoms with Crippen molar-refractivity contribution >= 4 is 5.91 Å². The maximum Gasteiger partial charge on any atom is 0.220 e. The molecule has 0 aliphatic heterocycles. The van der Waals surface area contributed by atoms with Crippen LogP contribution in [0.15, 0.2) is 6.20 Å². The van der Waals surface area contributed by atoms with Crippen molar-refractivity contribution < 1.29 is 9.53 Å². The molecule has 1 atom stereocenters. The van der Waals surface area contributed by atoms with Crippen LogP contribution in [-0.2, 0) is 16.1 Å². The van der Waals surface area contributed by atoms with Crippen LogP contribution < -0.4 is 5.32 Å². The van der Waals surface area contributed by atoms with Crippen LogP contribution in [0.25, 0.3) is 0 Å². The molecule has 5 heteroatoms. The van der Waals surface area contributed by atoms with E-state index in [1.165, 1.54) is 0 Å².